The van der Waals surface area contributed by atoms with E-state index in [1.165, 1.54) is 11.3 Å². The number of nitrogen functional groups attached to an aromatic ring is 1. The fourth-order valence-electron chi connectivity index (χ4n) is 2.02. The molecular weight excluding hydrogens is 252 g/mol. The molecule has 1 aromatic heterocycles. The van der Waals surface area contributed by atoms with Crippen molar-refractivity contribution in [2.75, 3.05) is 37.3 Å². The number of carbonyl (C=O) groups is 1. The third-order valence-corrected chi connectivity index (χ3v) is 4.02. The molecule has 0 spiro atoms. The van der Waals surface area contributed by atoms with Gasteiger partial charge in [0.05, 0.1) is 0 Å². The minimum absolute atomic E-state index is 0.0786. The Balaban J connectivity index is 2.09. The van der Waals surface area contributed by atoms with Crippen LogP contribution in [0.2, 0.25) is 0 Å². The zero-order valence-electron chi connectivity index (χ0n) is 10.3. The van der Waals surface area contributed by atoms with E-state index in [1.54, 1.807) is 4.90 Å². The van der Waals surface area contributed by atoms with Gasteiger partial charge in [-0.25, -0.2) is 4.98 Å². The number of nitrogens with zero attached hydrogens (tertiary/aromatic N) is 2. The van der Waals surface area contributed by atoms with Gasteiger partial charge in [0.1, 0.15) is 10.7 Å². The topological polar surface area (TPSA) is 91.5 Å². The van der Waals surface area contributed by atoms with E-state index >= 15 is 0 Å². The Kier molecular flexibility index (Phi) is 4.03. The normalized spacial score (nSPS) is 19.2. The summed E-state index contributed by atoms with van der Waals surface area (Å²) in [5.41, 5.74) is 5.77. The van der Waals surface area contributed by atoms with Gasteiger partial charge in [0.2, 0.25) is 0 Å². The second-order valence-corrected chi connectivity index (χ2v) is 5.35. The first kappa shape index (κ1) is 13.1. The van der Waals surface area contributed by atoms with Crippen molar-refractivity contribution in [2.45, 2.75) is 13.3 Å². The predicted molar refractivity (Wildman–Crippen MR) is 71.8 cm³/mol. The van der Waals surface area contributed by atoms with E-state index in [-0.39, 0.29) is 24.2 Å². The Morgan fingerprint density at radius 2 is 2.50 bits per heavy atom. The lowest BCUT2D eigenvalue weighted by atomic mass is 10.1. The summed E-state index contributed by atoms with van der Waals surface area (Å²) in [6, 6.07) is 0. The number of thiazole rings is 1. The predicted octanol–water partition coefficient (Wildman–Crippen LogP) is 0.611. The molecule has 2 rings (SSSR count). The highest BCUT2D eigenvalue weighted by molar-refractivity contribution is 7.18. The third-order valence-electron chi connectivity index (χ3n) is 3.01. The maximum absolute atomic E-state index is 12.3. The number of nitrogens with two attached hydrogens (primary N) is 1. The van der Waals surface area contributed by atoms with Crippen LogP contribution < -0.4 is 11.1 Å². The molecule has 1 aliphatic heterocycles. The summed E-state index contributed by atoms with van der Waals surface area (Å²) < 4.78 is 0. The largest absolute Gasteiger partial charge is 0.396 e. The molecule has 0 bridgehead atoms. The lowest BCUT2D eigenvalue weighted by Crippen LogP contribution is -2.29. The summed E-state index contributed by atoms with van der Waals surface area (Å²) >= 11 is 1.29. The molecule has 0 aliphatic carbocycles. The van der Waals surface area contributed by atoms with Crippen LogP contribution in [0.3, 0.4) is 0 Å². The molecule has 4 N–H and O–H groups in total. The van der Waals surface area contributed by atoms with Gasteiger partial charge in [0.25, 0.3) is 5.91 Å². The van der Waals surface area contributed by atoms with Crippen molar-refractivity contribution in [3.8, 4) is 0 Å². The number of likely N-dealkylation sites (tertiary alicyclic amines) is 1. The molecule has 1 saturated heterocycles. The molecule has 2 heterocycles. The summed E-state index contributed by atoms with van der Waals surface area (Å²) in [5, 5.41) is 12.8. The lowest BCUT2D eigenvalue weighted by molar-refractivity contribution is 0.0787. The van der Waals surface area contributed by atoms with Crippen LogP contribution in [0.25, 0.3) is 0 Å². The van der Waals surface area contributed by atoms with Gasteiger partial charge in [-0.2, -0.15) is 0 Å². The molecule has 0 radical (unpaired) electrons. The highest BCUT2D eigenvalue weighted by Gasteiger charge is 2.29. The zero-order valence-corrected chi connectivity index (χ0v) is 11.2. The number of aromatic nitrogens is 1. The molecular formula is C11H18N4O2S. The van der Waals surface area contributed by atoms with Crippen molar-refractivity contribution in [2.24, 2.45) is 5.92 Å². The number of amides is 1. The van der Waals surface area contributed by atoms with Gasteiger partial charge in [-0.15, -0.1) is 0 Å². The van der Waals surface area contributed by atoms with Crippen molar-refractivity contribution in [1.82, 2.24) is 9.88 Å². The average Bonchev–Trinajstić information content (AvgIpc) is 2.95. The molecule has 0 saturated carbocycles. The van der Waals surface area contributed by atoms with Gasteiger partial charge in [0, 0.05) is 32.2 Å². The smallest absolute Gasteiger partial charge is 0.267 e. The summed E-state index contributed by atoms with van der Waals surface area (Å²) in [5.74, 6) is 0.398. The van der Waals surface area contributed by atoms with Crippen LogP contribution in [0.5, 0.6) is 0 Å². The molecule has 1 aliphatic rings. The number of hydrogen-bond acceptors (Lipinski definition) is 6. The van der Waals surface area contributed by atoms with Gasteiger partial charge in [-0.05, 0) is 13.3 Å². The van der Waals surface area contributed by atoms with Crippen molar-refractivity contribution < 1.29 is 9.90 Å². The fraction of sp³-hybridized carbons (Fsp3) is 0.636. The maximum atomic E-state index is 12.3. The number of aliphatic hydroxyl groups excluding tert-OH is 1. The molecule has 7 heteroatoms. The molecule has 0 aromatic carbocycles. The molecule has 18 heavy (non-hydrogen) atoms. The molecule has 1 unspecified atom stereocenters. The molecule has 100 valence electrons. The van der Waals surface area contributed by atoms with E-state index in [1.807, 2.05) is 6.92 Å². The van der Waals surface area contributed by atoms with Crippen LogP contribution in [0.4, 0.5) is 10.9 Å². The number of rotatable bonds is 4. The van der Waals surface area contributed by atoms with Crippen molar-refractivity contribution in [3.63, 3.8) is 0 Å². The van der Waals surface area contributed by atoms with Crippen LogP contribution in [0.1, 0.15) is 23.0 Å². The Morgan fingerprint density at radius 1 is 1.72 bits per heavy atom. The van der Waals surface area contributed by atoms with E-state index < -0.39 is 0 Å². The first-order chi connectivity index (χ1) is 8.65. The second kappa shape index (κ2) is 5.53. The first-order valence-electron chi connectivity index (χ1n) is 6.06. The van der Waals surface area contributed by atoms with Crippen LogP contribution in [0, 0.1) is 5.92 Å². The van der Waals surface area contributed by atoms with Crippen LogP contribution in [0.15, 0.2) is 0 Å². The van der Waals surface area contributed by atoms with Crippen LogP contribution in [-0.2, 0) is 0 Å². The molecule has 1 fully saturated rings. The Hall–Kier alpha value is -1.34. The highest BCUT2D eigenvalue weighted by Crippen LogP contribution is 2.28. The summed E-state index contributed by atoms with van der Waals surface area (Å²) in [6.45, 7) is 4.12. The maximum Gasteiger partial charge on any atom is 0.267 e. The third kappa shape index (κ3) is 2.56. The molecule has 1 aromatic rings. The number of aliphatic hydroxyl groups is 1. The minimum atomic E-state index is -0.0786. The molecule has 1 atom stereocenters. The summed E-state index contributed by atoms with van der Waals surface area (Å²) in [4.78, 5) is 18.6. The summed E-state index contributed by atoms with van der Waals surface area (Å²) in [7, 11) is 0. The Morgan fingerprint density at radius 3 is 3.11 bits per heavy atom. The molecule has 6 nitrogen and oxygen atoms in total. The first-order valence-corrected chi connectivity index (χ1v) is 6.87. The van der Waals surface area contributed by atoms with Crippen molar-refractivity contribution in [3.05, 3.63) is 4.88 Å². The van der Waals surface area contributed by atoms with Gasteiger partial charge >= 0.3 is 0 Å². The van der Waals surface area contributed by atoms with E-state index in [2.05, 4.69) is 10.3 Å². The van der Waals surface area contributed by atoms with Gasteiger partial charge < -0.3 is 21.1 Å². The Labute approximate surface area is 110 Å². The van der Waals surface area contributed by atoms with Crippen LogP contribution in [-0.4, -0.2) is 47.1 Å². The number of nitrogens with one attached hydrogen (secondary N) is 1. The van der Waals surface area contributed by atoms with Crippen molar-refractivity contribution in [1.29, 1.82) is 0 Å². The lowest BCUT2D eigenvalue weighted by Gasteiger charge is -2.14. The highest BCUT2D eigenvalue weighted by atomic mass is 32.1. The number of hydrogen-bond donors (Lipinski definition) is 3. The number of carbonyl (C=O) groups excluding carboxylic acids is 1. The average molecular weight is 270 g/mol. The second-order valence-electron chi connectivity index (χ2n) is 4.35. The van der Waals surface area contributed by atoms with E-state index in [9.17, 15) is 4.79 Å². The van der Waals surface area contributed by atoms with Crippen molar-refractivity contribution >= 4 is 28.2 Å². The van der Waals surface area contributed by atoms with Crippen LogP contribution >= 0.6 is 11.3 Å². The zero-order chi connectivity index (χ0) is 13.1. The van der Waals surface area contributed by atoms with Gasteiger partial charge in [-0.1, -0.05) is 11.3 Å². The Bertz CT molecular complexity index is 435. The van der Waals surface area contributed by atoms with Gasteiger partial charge in [-0.3, -0.25) is 4.79 Å². The van der Waals surface area contributed by atoms with Gasteiger partial charge in [0.15, 0.2) is 5.13 Å². The monoisotopic (exact) mass is 270 g/mol. The quantitative estimate of drug-likeness (QED) is 0.745. The standard InChI is InChI=1S/C11H18N4O2S/c1-2-13-11-14-9(12)8(18-11)10(17)15-4-3-7(5-15)6-16/h7,16H,2-6,12H2,1H3,(H,13,14). The van der Waals surface area contributed by atoms with E-state index in [0.29, 0.717) is 23.1 Å². The molecule has 1 amide bonds. The van der Waals surface area contributed by atoms with E-state index in [4.69, 9.17) is 10.8 Å². The van der Waals surface area contributed by atoms with E-state index in [0.717, 1.165) is 13.0 Å². The minimum Gasteiger partial charge on any atom is -0.396 e. The summed E-state index contributed by atoms with van der Waals surface area (Å²) in [6.07, 6.45) is 0.848. The fourth-order valence-corrected chi connectivity index (χ4v) is 2.94. The number of anilines is 2. The SMILES string of the molecule is CCNc1nc(N)c(C(=O)N2CCC(CO)C2)s1.